The number of rotatable bonds is 6. The molecule has 0 aliphatic heterocycles. The third-order valence-corrected chi connectivity index (χ3v) is 4.20. The van der Waals surface area contributed by atoms with Gasteiger partial charge >= 0.3 is 0 Å². The van der Waals surface area contributed by atoms with Gasteiger partial charge in [-0.05, 0) is 31.5 Å². The van der Waals surface area contributed by atoms with Crippen LogP contribution in [0, 0.1) is 6.92 Å². The van der Waals surface area contributed by atoms with Gasteiger partial charge in [-0.3, -0.25) is 4.79 Å². The summed E-state index contributed by atoms with van der Waals surface area (Å²) >= 11 is 7.27. The van der Waals surface area contributed by atoms with E-state index in [9.17, 15) is 4.79 Å². The normalized spacial score (nSPS) is 10.8. The summed E-state index contributed by atoms with van der Waals surface area (Å²) in [6, 6.07) is 3.38. The van der Waals surface area contributed by atoms with Crippen molar-refractivity contribution < 1.29 is 14.3 Å². The lowest BCUT2D eigenvalue weighted by molar-refractivity contribution is 0.0958. The predicted molar refractivity (Wildman–Crippen MR) is 95.5 cm³/mol. The van der Waals surface area contributed by atoms with E-state index in [2.05, 4.69) is 15.5 Å². The van der Waals surface area contributed by atoms with Gasteiger partial charge in [-0.25, -0.2) is 10.4 Å². The van der Waals surface area contributed by atoms with E-state index in [-0.39, 0.29) is 5.91 Å². The molecule has 0 fully saturated rings. The zero-order valence-electron chi connectivity index (χ0n) is 13.4. The standard InChI is InChI=1S/C15H17ClN4O3S/c1-4-23-11-6-9(5-10(16)12(11)22-3)7-18-20-14(21)13-8(2)19-15(17)24-13/h5-7H,4H2,1-3H3,(H2,17,19)(H,20,21)/b18-7-. The first-order valence-electron chi connectivity index (χ1n) is 7.02. The number of ether oxygens (including phenoxy) is 2. The monoisotopic (exact) mass is 368 g/mol. The summed E-state index contributed by atoms with van der Waals surface area (Å²) in [5.74, 6) is 0.587. The number of thiazole rings is 1. The summed E-state index contributed by atoms with van der Waals surface area (Å²) in [5, 5.41) is 4.65. The quantitative estimate of drug-likeness (QED) is 0.603. The van der Waals surface area contributed by atoms with E-state index in [1.54, 1.807) is 19.1 Å². The van der Waals surface area contributed by atoms with Crippen molar-refractivity contribution in [3.8, 4) is 11.5 Å². The summed E-state index contributed by atoms with van der Waals surface area (Å²) in [4.78, 5) is 16.4. The third-order valence-electron chi connectivity index (χ3n) is 2.93. The fourth-order valence-corrected chi connectivity index (χ4v) is 2.99. The maximum Gasteiger partial charge on any atom is 0.283 e. The zero-order valence-corrected chi connectivity index (χ0v) is 15.0. The van der Waals surface area contributed by atoms with Crippen molar-refractivity contribution in [3.05, 3.63) is 33.3 Å². The second kappa shape index (κ2) is 7.98. The van der Waals surface area contributed by atoms with Gasteiger partial charge in [0.25, 0.3) is 5.91 Å². The topological polar surface area (TPSA) is 98.8 Å². The Hall–Kier alpha value is -2.32. The summed E-state index contributed by atoms with van der Waals surface area (Å²) < 4.78 is 10.7. The van der Waals surface area contributed by atoms with Crippen molar-refractivity contribution in [1.82, 2.24) is 10.4 Å². The number of halogens is 1. The average molecular weight is 369 g/mol. The van der Waals surface area contributed by atoms with Crippen LogP contribution < -0.4 is 20.6 Å². The molecule has 2 aromatic rings. The number of aryl methyl sites for hydroxylation is 1. The van der Waals surface area contributed by atoms with Crippen LogP contribution in [0.1, 0.15) is 27.9 Å². The number of methoxy groups -OCH3 is 1. The Kier molecular flexibility index (Phi) is 5.99. The highest BCUT2D eigenvalue weighted by molar-refractivity contribution is 7.17. The van der Waals surface area contributed by atoms with E-state index in [0.717, 1.165) is 11.3 Å². The molecule has 128 valence electrons. The number of carbonyl (C=O) groups is 1. The lowest BCUT2D eigenvalue weighted by Gasteiger charge is -2.11. The number of carbonyl (C=O) groups excluding carboxylic acids is 1. The van der Waals surface area contributed by atoms with Crippen LogP contribution in [0.4, 0.5) is 5.13 Å². The fraction of sp³-hybridized carbons (Fsp3) is 0.267. The lowest BCUT2D eigenvalue weighted by atomic mass is 10.2. The molecule has 24 heavy (non-hydrogen) atoms. The highest BCUT2D eigenvalue weighted by atomic mass is 35.5. The van der Waals surface area contributed by atoms with Crippen LogP contribution in [-0.4, -0.2) is 30.8 Å². The maximum atomic E-state index is 12.0. The number of aromatic nitrogens is 1. The van der Waals surface area contributed by atoms with E-state index >= 15 is 0 Å². The Morgan fingerprint density at radius 3 is 2.88 bits per heavy atom. The number of hydrogen-bond donors (Lipinski definition) is 2. The van der Waals surface area contributed by atoms with Crippen LogP contribution in [0.15, 0.2) is 17.2 Å². The van der Waals surface area contributed by atoms with Crippen LogP contribution in [0.25, 0.3) is 0 Å². The molecule has 1 amide bonds. The van der Waals surface area contributed by atoms with Gasteiger partial charge in [0.2, 0.25) is 0 Å². The molecule has 0 saturated heterocycles. The third kappa shape index (κ3) is 4.15. The Balaban J connectivity index is 2.14. The first-order chi connectivity index (χ1) is 11.5. The second-order valence-corrected chi connectivity index (χ2v) is 6.07. The summed E-state index contributed by atoms with van der Waals surface area (Å²) in [5.41, 5.74) is 9.23. The molecule has 0 atom stereocenters. The molecule has 0 bridgehead atoms. The van der Waals surface area contributed by atoms with E-state index in [4.69, 9.17) is 26.8 Å². The minimum absolute atomic E-state index is 0.338. The number of nitrogen functional groups attached to an aromatic ring is 1. The van der Waals surface area contributed by atoms with Crippen LogP contribution >= 0.6 is 22.9 Å². The van der Waals surface area contributed by atoms with Crippen molar-refractivity contribution in [2.24, 2.45) is 5.10 Å². The van der Waals surface area contributed by atoms with Gasteiger partial charge in [0.05, 0.1) is 30.6 Å². The molecular formula is C15H17ClN4O3S. The highest BCUT2D eigenvalue weighted by Crippen LogP contribution is 2.35. The lowest BCUT2D eigenvalue weighted by Crippen LogP contribution is -2.17. The molecule has 0 saturated carbocycles. The smallest absolute Gasteiger partial charge is 0.283 e. The molecule has 0 spiro atoms. The number of amides is 1. The van der Waals surface area contributed by atoms with Gasteiger partial charge in [-0.2, -0.15) is 5.10 Å². The van der Waals surface area contributed by atoms with Gasteiger partial charge in [0, 0.05) is 0 Å². The van der Waals surface area contributed by atoms with Crippen LogP contribution in [-0.2, 0) is 0 Å². The van der Waals surface area contributed by atoms with E-state index in [1.807, 2.05) is 6.92 Å². The Morgan fingerprint density at radius 2 is 2.29 bits per heavy atom. The molecule has 0 aliphatic rings. The second-order valence-electron chi connectivity index (χ2n) is 4.63. The molecular weight excluding hydrogens is 352 g/mol. The SMILES string of the molecule is CCOc1cc(/C=N\NC(=O)c2sc(N)nc2C)cc(Cl)c1OC. The van der Waals surface area contributed by atoms with Crippen LogP contribution in [0.2, 0.25) is 5.02 Å². The van der Waals surface area contributed by atoms with Crippen LogP contribution in [0.3, 0.4) is 0 Å². The molecule has 0 aliphatic carbocycles. The summed E-state index contributed by atoms with van der Waals surface area (Å²) in [6.07, 6.45) is 1.46. The molecule has 1 heterocycles. The van der Waals surface area contributed by atoms with Crippen molar-refractivity contribution in [3.63, 3.8) is 0 Å². The number of benzene rings is 1. The maximum absolute atomic E-state index is 12.0. The van der Waals surface area contributed by atoms with Gasteiger partial charge in [-0.15, -0.1) is 0 Å². The van der Waals surface area contributed by atoms with Gasteiger partial charge in [0.1, 0.15) is 4.88 Å². The van der Waals surface area contributed by atoms with Crippen LogP contribution in [0.5, 0.6) is 11.5 Å². The number of hydrogen-bond acceptors (Lipinski definition) is 7. The van der Waals surface area contributed by atoms with Crippen molar-refractivity contribution >= 4 is 40.2 Å². The Labute approximate surface area is 148 Å². The fourth-order valence-electron chi connectivity index (χ4n) is 1.97. The number of anilines is 1. The largest absolute Gasteiger partial charge is 0.491 e. The minimum Gasteiger partial charge on any atom is -0.491 e. The highest BCUT2D eigenvalue weighted by Gasteiger charge is 2.14. The molecule has 0 unspecified atom stereocenters. The number of nitrogens with two attached hydrogens (primary N) is 1. The first-order valence-corrected chi connectivity index (χ1v) is 8.22. The molecule has 9 heteroatoms. The molecule has 1 aromatic carbocycles. The number of hydrazone groups is 1. The van der Waals surface area contributed by atoms with Crippen molar-refractivity contribution in [2.45, 2.75) is 13.8 Å². The Bertz CT molecular complexity index is 776. The van der Waals surface area contributed by atoms with E-state index in [1.165, 1.54) is 13.3 Å². The molecule has 7 nitrogen and oxygen atoms in total. The zero-order chi connectivity index (χ0) is 17.7. The number of nitrogens with zero attached hydrogens (tertiary/aromatic N) is 2. The van der Waals surface area contributed by atoms with Crippen molar-refractivity contribution in [1.29, 1.82) is 0 Å². The average Bonchev–Trinajstić information content (AvgIpc) is 2.86. The molecule has 0 radical (unpaired) electrons. The number of nitrogens with one attached hydrogen (secondary N) is 1. The van der Waals surface area contributed by atoms with E-state index in [0.29, 0.717) is 44.4 Å². The minimum atomic E-state index is -0.373. The van der Waals surface area contributed by atoms with Gasteiger partial charge < -0.3 is 15.2 Å². The van der Waals surface area contributed by atoms with Crippen molar-refractivity contribution in [2.75, 3.05) is 19.5 Å². The first kappa shape index (κ1) is 18.0. The molecule has 1 aromatic heterocycles. The van der Waals surface area contributed by atoms with Gasteiger partial charge in [-0.1, -0.05) is 22.9 Å². The molecule has 3 N–H and O–H groups in total. The summed E-state index contributed by atoms with van der Waals surface area (Å²) in [7, 11) is 1.51. The summed E-state index contributed by atoms with van der Waals surface area (Å²) in [6.45, 7) is 4.04. The predicted octanol–water partition coefficient (Wildman–Crippen LogP) is 2.86. The van der Waals surface area contributed by atoms with E-state index < -0.39 is 0 Å². The Morgan fingerprint density at radius 1 is 1.54 bits per heavy atom. The van der Waals surface area contributed by atoms with Gasteiger partial charge in [0.15, 0.2) is 16.6 Å². The molecule has 2 rings (SSSR count).